The lowest BCUT2D eigenvalue weighted by Crippen LogP contribution is -2.18. The monoisotopic (exact) mass is 324 g/mol. The molecule has 1 atom stereocenters. The summed E-state index contributed by atoms with van der Waals surface area (Å²) in [5.74, 6) is -1.55. The normalized spacial score (nSPS) is 13.4. The molecule has 1 aromatic heterocycles. The van der Waals surface area contributed by atoms with Crippen molar-refractivity contribution in [3.63, 3.8) is 0 Å². The van der Waals surface area contributed by atoms with Crippen molar-refractivity contribution in [3.8, 4) is 0 Å². The molecule has 0 aliphatic rings. The highest BCUT2D eigenvalue weighted by Gasteiger charge is 2.38. The summed E-state index contributed by atoms with van der Waals surface area (Å²) in [6, 6.07) is 11.2. The molecule has 0 aliphatic heterocycles. The van der Waals surface area contributed by atoms with Gasteiger partial charge in [-0.05, 0) is 29.8 Å². The Kier molecular flexibility index (Phi) is 3.81. The average molecular weight is 324 g/mol. The summed E-state index contributed by atoms with van der Waals surface area (Å²) in [5.41, 5.74) is 0.810. The van der Waals surface area contributed by atoms with Gasteiger partial charge in [-0.1, -0.05) is 24.3 Å². The minimum Gasteiger partial charge on any atom is -0.387 e. The molecular formula is C16H12F4N2O. The zero-order chi connectivity index (χ0) is 16.6. The first kappa shape index (κ1) is 15.5. The number of imidazole rings is 1. The van der Waals surface area contributed by atoms with Crippen molar-refractivity contribution in [1.82, 2.24) is 9.55 Å². The Morgan fingerprint density at radius 2 is 1.70 bits per heavy atom. The second kappa shape index (κ2) is 5.66. The molecule has 3 nitrogen and oxygen atoms in total. The SMILES string of the molecule is O[C@H](Cn1c(C(F)(F)F)nc2ccccc21)c1ccc(F)cc1. The predicted octanol–water partition coefficient (Wildman–Crippen LogP) is 3.93. The van der Waals surface area contributed by atoms with Crippen LogP contribution in [0, 0.1) is 5.82 Å². The standard InChI is InChI=1S/C16H12F4N2O/c17-11-7-5-10(6-8-11)14(23)9-22-13-4-2-1-3-12(13)21-15(22)16(18,19)20/h1-8,14,23H,9H2/t14-/m1/s1. The molecule has 1 heterocycles. The molecule has 3 aromatic rings. The Morgan fingerprint density at radius 1 is 1.04 bits per heavy atom. The predicted molar refractivity (Wildman–Crippen MR) is 76.1 cm³/mol. The minimum absolute atomic E-state index is 0.200. The second-order valence-corrected chi connectivity index (χ2v) is 5.10. The molecule has 0 spiro atoms. The fourth-order valence-corrected chi connectivity index (χ4v) is 2.44. The van der Waals surface area contributed by atoms with Gasteiger partial charge in [-0.3, -0.25) is 0 Å². The maximum absolute atomic E-state index is 13.2. The molecule has 0 fully saturated rings. The number of hydrogen-bond donors (Lipinski definition) is 1. The molecule has 7 heteroatoms. The quantitative estimate of drug-likeness (QED) is 0.741. The number of benzene rings is 2. The highest BCUT2D eigenvalue weighted by Crippen LogP contribution is 2.32. The van der Waals surface area contributed by atoms with E-state index in [0.29, 0.717) is 5.56 Å². The van der Waals surface area contributed by atoms with Gasteiger partial charge >= 0.3 is 6.18 Å². The van der Waals surface area contributed by atoms with E-state index in [1.807, 2.05) is 0 Å². The van der Waals surface area contributed by atoms with Crippen molar-refractivity contribution < 1.29 is 22.7 Å². The molecule has 23 heavy (non-hydrogen) atoms. The Labute approximate surface area is 128 Å². The van der Waals surface area contributed by atoms with Gasteiger partial charge in [0.1, 0.15) is 5.82 Å². The second-order valence-electron chi connectivity index (χ2n) is 5.10. The first-order valence-electron chi connectivity index (χ1n) is 6.82. The van der Waals surface area contributed by atoms with Crippen molar-refractivity contribution in [2.75, 3.05) is 0 Å². The van der Waals surface area contributed by atoms with Gasteiger partial charge < -0.3 is 9.67 Å². The number of halogens is 4. The number of alkyl halides is 3. The Morgan fingerprint density at radius 3 is 2.35 bits per heavy atom. The lowest BCUT2D eigenvalue weighted by molar-refractivity contribution is -0.147. The summed E-state index contributed by atoms with van der Waals surface area (Å²) in [7, 11) is 0. The van der Waals surface area contributed by atoms with Gasteiger partial charge in [0.15, 0.2) is 0 Å². The van der Waals surface area contributed by atoms with Gasteiger partial charge in [-0.15, -0.1) is 0 Å². The van der Waals surface area contributed by atoms with Gasteiger partial charge in [0.05, 0.1) is 23.7 Å². The number of aromatic nitrogens is 2. The molecule has 3 rings (SSSR count). The summed E-state index contributed by atoms with van der Waals surface area (Å²) in [4.78, 5) is 3.61. The van der Waals surface area contributed by atoms with Crippen LogP contribution in [0.15, 0.2) is 48.5 Å². The smallest absolute Gasteiger partial charge is 0.387 e. The zero-order valence-electron chi connectivity index (χ0n) is 11.8. The fourth-order valence-electron chi connectivity index (χ4n) is 2.44. The van der Waals surface area contributed by atoms with E-state index in [4.69, 9.17) is 0 Å². The number of rotatable bonds is 3. The molecule has 1 N–H and O–H groups in total. The largest absolute Gasteiger partial charge is 0.449 e. The van der Waals surface area contributed by atoms with Crippen molar-refractivity contribution in [3.05, 3.63) is 65.7 Å². The van der Waals surface area contributed by atoms with Crippen LogP contribution >= 0.6 is 0 Å². The Hall–Kier alpha value is -2.41. The van der Waals surface area contributed by atoms with Gasteiger partial charge in [-0.25, -0.2) is 9.37 Å². The summed E-state index contributed by atoms with van der Waals surface area (Å²) < 4.78 is 53.4. The summed E-state index contributed by atoms with van der Waals surface area (Å²) in [6.07, 6.45) is -5.85. The van der Waals surface area contributed by atoms with Crippen LogP contribution in [0.2, 0.25) is 0 Å². The molecule has 0 unspecified atom stereocenters. The highest BCUT2D eigenvalue weighted by molar-refractivity contribution is 5.76. The molecule has 0 bridgehead atoms. The van der Waals surface area contributed by atoms with Crippen LogP contribution in [0.1, 0.15) is 17.5 Å². The summed E-state index contributed by atoms with van der Waals surface area (Å²) >= 11 is 0. The molecule has 0 amide bonds. The summed E-state index contributed by atoms with van der Waals surface area (Å²) in [5, 5.41) is 10.2. The molecule has 0 saturated carbocycles. The lowest BCUT2D eigenvalue weighted by atomic mass is 10.1. The van der Waals surface area contributed by atoms with Crippen LogP contribution in [0.25, 0.3) is 11.0 Å². The van der Waals surface area contributed by atoms with Gasteiger partial charge in [0, 0.05) is 0 Å². The number of aliphatic hydroxyl groups excluding tert-OH is 1. The van der Waals surface area contributed by atoms with E-state index < -0.39 is 23.9 Å². The van der Waals surface area contributed by atoms with Gasteiger partial charge in [0.25, 0.3) is 0 Å². The van der Waals surface area contributed by atoms with E-state index in [-0.39, 0.29) is 17.6 Å². The highest BCUT2D eigenvalue weighted by atomic mass is 19.4. The third-order valence-corrected chi connectivity index (χ3v) is 3.52. The third kappa shape index (κ3) is 3.05. The number of hydrogen-bond acceptors (Lipinski definition) is 2. The zero-order valence-corrected chi connectivity index (χ0v) is 11.8. The van der Waals surface area contributed by atoms with E-state index in [1.165, 1.54) is 24.3 Å². The Balaban J connectivity index is 2.03. The maximum atomic E-state index is 13.2. The summed E-state index contributed by atoms with van der Waals surface area (Å²) in [6.45, 7) is -0.332. The number of aliphatic hydroxyl groups is 1. The molecular weight excluding hydrogens is 312 g/mol. The molecule has 0 aliphatic carbocycles. The number of nitrogens with zero attached hydrogens (tertiary/aromatic N) is 2. The van der Waals surface area contributed by atoms with Crippen molar-refractivity contribution >= 4 is 11.0 Å². The van der Waals surface area contributed by atoms with Crippen LogP contribution < -0.4 is 0 Å². The molecule has 0 saturated heterocycles. The van der Waals surface area contributed by atoms with E-state index in [1.54, 1.807) is 12.1 Å². The molecule has 120 valence electrons. The van der Waals surface area contributed by atoms with E-state index in [0.717, 1.165) is 16.7 Å². The van der Waals surface area contributed by atoms with Gasteiger partial charge in [0.2, 0.25) is 5.82 Å². The average Bonchev–Trinajstić information content (AvgIpc) is 2.87. The van der Waals surface area contributed by atoms with Crippen LogP contribution in [0.4, 0.5) is 17.6 Å². The van der Waals surface area contributed by atoms with Gasteiger partial charge in [-0.2, -0.15) is 13.2 Å². The van der Waals surface area contributed by atoms with E-state index in [2.05, 4.69) is 4.98 Å². The minimum atomic E-state index is -4.64. The third-order valence-electron chi connectivity index (χ3n) is 3.52. The fraction of sp³-hybridized carbons (Fsp3) is 0.188. The van der Waals surface area contributed by atoms with Crippen molar-refractivity contribution in [2.45, 2.75) is 18.8 Å². The first-order valence-corrected chi connectivity index (χ1v) is 6.82. The first-order chi connectivity index (χ1) is 10.9. The van der Waals surface area contributed by atoms with Crippen molar-refractivity contribution in [2.24, 2.45) is 0 Å². The number of para-hydroxylation sites is 2. The van der Waals surface area contributed by atoms with Crippen LogP contribution in [0.3, 0.4) is 0 Å². The van der Waals surface area contributed by atoms with E-state index >= 15 is 0 Å². The number of fused-ring (bicyclic) bond motifs is 1. The maximum Gasteiger partial charge on any atom is 0.449 e. The van der Waals surface area contributed by atoms with E-state index in [9.17, 15) is 22.7 Å². The lowest BCUT2D eigenvalue weighted by Gasteiger charge is -2.16. The topological polar surface area (TPSA) is 38.0 Å². The van der Waals surface area contributed by atoms with Crippen LogP contribution in [-0.2, 0) is 12.7 Å². The Bertz CT molecular complexity index is 824. The van der Waals surface area contributed by atoms with Crippen LogP contribution in [0.5, 0.6) is 0 Å². The molecule has 2 aromatic carbocycles. The molecule has 0 radical (unpaired) electrons. The van der Waals surface area contributed by atoms with Crippen molar-refractivity contribution in [1.29, 1.82) is 0 Å². The van der Waals surface area contributed by atoms with Crippen LogP contribution in [-0.4, -0.2) is 14.7 Å².